The van der Waals surface area contributed by atoms with Crippen LogP contribution in [0.5, 0.6) is 0 Å². The molecule has 0 unspecified atom stereocenters. The highest BCUT2D eigenvalue weighted by molar-refractivity contribution is 5.80. The van der Waals surface area contributed by atoms with E-state index >= 15 is 0 Å². The minimum Gasteiger partial charge on any atom is -0.467 e. The fourth-order valence-corrected chi connectivity index (χ4v) is 1.34. The second-order valence-electron chi connectivity index (χ2n) is 3.31. The number of carbonyl (C=O) groups excluding carboxylic acids is 1. The van der Waals surface area contributed by atoms with Gasteiger partial charge in [-0.05, 0) is 13.8 Å². The smallest absolute Gasteiger partial charge is 0.341 e. The lowest BCUT2D eigenvalue weighted by Crippen LogP contribution is -2.53. The van der Waals surface area contributed by atoms with E-state index in [2.05, 4.69) is 4.74 Å². The third-order valence-electron chi connectivity index (χ3n) is 2.32. The molecule has 3 atom stereocenters. The lowest BCUT2D eigenvalue weighted by atomic mass is 9.84. The van der Waals surface area contributed by atoms with Crippen molar-refractivity contribution in [3.05, 3.63) is 12.2 Å². The van der Waals surface area contributed by atoms with Crippen LogP contribution < -0.4 is 0 Å². The molecule has 0 rings (SSSR count). The number of esters is 1. The molecule has 0 spiro atoms. The van der Waals surface area contributed by atoms with Crippen LogP contribution in [0.2, 0.25) is 0 Å². The minimum absolute atomic E-state index is 0.500. The number of aliphatic hydroxyl groups is 2. The maximum absolute atomic E-state index is 11.3. The van der Waals surface area contributed by atoms with Gasteiger partial charge in [0.25, 0.3) is 0 Å². The topological polar surface area (TPSA) is 66.8 Å². The van der Waals surface area contributed by atoms with Gasteiger partial charge in [0.2, 0.25) is 0 Å². The molecule has 14 heavy (non-hydrogen) atoms. The second-order valence-corrected chi connectivity index (χ2v) is 3.31. The number of carbonyl (C=O) groups is 1. The summed E-state index contributed by atoms with van der Waals surface area (Å²) in [6.45, 7) is 4.77. The van der Waals surface area contributed by atoms with Crippen LogP contribution in [0.3, 0.4) is 0 Å². The molecule has 0 aromatic rings. The summed E-state index contributed by atoms with van der Waals surface area (Å²) in [5.41, 5.74) is -1.87. The average molecular weight is 202 g/mol. The molecule has 4 nitrogen and oxygen atoms in total. The van der Waals surface area contributed by atoms with Crippen LogP contribution in [0.25, 0.3) is 0 Å². The summed E-state index contributed by atoms with van der Waals surface area (Å²) in [6.07, 6.45) is 2.17. The molecule has 0 amide bonds. The predicted molar refractivity (Wildman–Crippen MR) is 52.6 cm³/mol. The van der Waals surface area contributed by atoms with Gasteiger partial charge < -0.3 is 14.9 Å². The van der Waals surface area contributed by atoms with Gasteiger partial charge in [-0.2, -0.15) is 0 Å². The molecule has 0 saturated carbocycles. The Bertz CT molecular complexity index is 222. The number of hydrogen-bond acceptors (Lipinski definition) is 4. The third-order valence-corrected chi connectivity index (χ3v) is 2.32. The fourth-order valence-electron chi connectivity index (χ4n) is 1.34. The minimum atomic E-state index is -1.87. The fraction of sp³-hybridized carbons (Fsp3) is 0.700. The van der Waals surface area contributed by atoms with Crippen molar-refractivity contribution in [3.8, 4) is 0 Å². The summed E-state index contributed by atoms with van der Waals surface area (Å²) in [5, 5.41) is 19.4. The van der Waals surface area contributed by atoms with E-state index in [1.807, 2.05) is 0 Å². The molecule has 0 aromatic carbocycles. The molecule has 0 aromatic heterocycles. The average Bonchev–Trinajstić information content (AvgIpc) is 2.15. The van der Waals surface area contributed by atoms with E-state index in [-0.39, 0.29) is 0 Å². The number of hydrogen-bond donors (Lipinski definition) is 2. The number of aliphatic hydroxyl groups excluding tert-OH is 1. The van der Waals surface area contributed by atoms with Gasteiger partial charge >= 0.3 is 5.97 Å². The Labute approximate surface area is 84.2 Å². The van der Waals surface area contributed by atoms with Crippen LogP contribution in [-0.2, 0) is 9.53 Å². The van der Waals surface area contributed by atoms with Crippen molar-refractivity contribution >= 4 is 5.97 Å². The Balaban J connectivity index is 4.98. The Kier molecular flexibility index (Phi) is 4.80. The normalized spacial score (nSPS) is 20.1. The van der Waals surface area contributed by atoms with E-state index in [9.17, 15) is 15.0 Å². The predicted octanol–water partition coefficient (Wildman–Crippen LogP) is 0.483. The van der Waals surface area contributed by atoms with E-state index in [0.29, 0.717) is 0 Å². The van der Waals surface area contributed by atoms with E-state index in [1.165, 1.54) is 14.0 Å². The van der Waals surface area contributed by atoms with Crippen LogP contribution in [0, 0.1) is 5.92 Å². The van der Waals surface area contributed by atoms with Crippen LogP contribution in [-0.4, -0.2) is 35.0 Å². The molecule has 0 bridgehead atoms. The first-order valence-electron chi connectivity index (χ1n) is 4.52. The molecule has 0 aliphatic rings. The van der Waals surface area contributed by atoms with E-state index < -0.39 is 23.6 Å². The third kappa shape index (κ3) is 2.33. The molecular weight excluding hydrogens is 184 g/mol. The van der Waals surface area contributed by atoms with Gasteiger partial charge in [-0.3, -0.25) is 0 Å². The molecule has 2 N–H and O–H groups in total. The monoisotopic (exact) mass is 202 g/mol. The van der Waals surface area contributed by atoms with Crippen LogP contribution in [0.4, 0.5) is 0 Å². The Morgan fingerprint density at radius 2 is 2.00 bits per heavy atom. The lowest BCUT2D eigenvalue weighted by molar-refractivity contribution is -0.179. The zero-order chi connectivity index (χ0) is 11.4. The first kappa shape index (κ1) is 13.1. The van der Waals surface area contributed by atoms with E-state index in [4.69, 9.17) is 0 Å². The largest absolute Gasteiger partial charge is 0.467 e. The van der Waals surface area contributed by atoms with Gasteiger partial charge in [0, 0.05) is 5.92 Å². The highest BCUT2D eigenvalue weighted by Crippen LogP contribution is 2.24. The van der Waals surface area contributed by atoms with E-state index in [0.717, 1.165) is 0 Å². The van der Waals surface area contributed by atoms with Gasteiger partial charge in [-0.1, -0.05) is 19.1 Å². The summed E-state index contributed by atoms with van der Waals surface area (Å²) < 4.78 is 4.46. The molecule has 0 heterocycles. The molecule has 0 aliphatic carbocycles. The molecule has 0 radical (unpaired) electrons. The van der Waals surface area contributed by atoms with Crippen molar-refractivity contribution in [2.75, 3.05) is 7.11 Å². The zero-order valence-corrected chi connectivity index (χ0v) is 9.02. The summed E-state index contributed by atoms with van der Waals surface area (Å²) >= 11 is 0. The van der Waals surface area contributed by atoms with Crippen LogP contribution in [0.1, 0.15) is 20.8 Å². The van der Waals surface area contributed by atoms with Crippen molar-refractivity contribution in [2.45, 2.75) is 32.5 Å². The summed E-state index contributed by atoms with van der Waals surface area (Å²) in [7, 11) is 1.18. The molecule has 0 fully saturated rings. The SMILES string of the molecule is C/C=C/[C@@H](C)[C@@](O)(C(=O)OC)[C@@H](C)O. The quantitative estimate of drug-likeness (QED) is 0.514. The number of allylic oxidation sites excluding steroid dienone is 1. The van der Waals surface area contributed by atoms with Crippen molar-refractivity contribution in [1.29, 1.82) is 0 Å². The molecule has 0 saturated heterocycles. The van der Waals surface area contributed by atoms with Gasteiger partial charge in [0.1, 0.15) is 0 Å². The second kappa shape index (κ2) is 5.12. The first-order valence-corrected chi connectivity index (χ1v) is 4.52. The van der Waals surface area contributed by atoms with Gasteiger partial charge in [0.05, 0.1) is 13.2 Å². The molecular formula is C10H18O4. The summed E-state index contributed by atoms with van der Waals surface area (Å²) in [6, 6.07) is 0. The zero-order valence-electron chi connectivity index (χ0n) is 9.02. The maximum Gasteiger partial charge on any atom is 0.341 e. The summed E-state index contributed by atoms with van der Waals surface area (Å²) in [4.78, 5) is 11.3. The maximum atomic E-state index is 11.3. The van der Waals surface area contributed by atoms with Gasteiger partial charge in [-0.25, -0.2) is 4.79 Å². The molecule has 0 aliphatic heterocycles. The van der Waals surface area contributed by atoms with Crippen LogP contribution in [0.15, 0.2) is 12.2 Å². The van der Waals surface area contributed by atoms with Crippen molar-refractivity contribution in [2.24, 2.45) is 5.92 Å². The lowest BCUT2D eigenvalue weighted by Gasteiger charge is -2.32. The highest BCUT2D eigenvalue weighted by Gasteiger charge is 2.46. The highest BCUT2D eigenvalue weighted by atomic mass is 16.5. The van der Waals surface area contributed by atoms with E-state index in [1.54, 1.807) is 26.0 Å². The number of rotatable bonds is 4. The summed E-state index contributed by atoms with van der Waals surface area (Å²) in [5.74, 6) is -1.32. The van der Waals surface area contributed by atoms with Crippen molar-refractivity contribution in [1.82, 2.24) is 0 Å². The Morgan fingerprint density at radius 3 is 2.29 bits per heavy atom. The standard InChI is InChI=1S/C10H18O4/c1-5-6-7(2)10(13,8(3)11)9(12)14-4/h5-8,11,13H,1-4H3/b6-5+/t7-,8-,10+/m1/s1. The van der Waals surface area contributed by atoms with Crippen LogP contribution >= 0.6 is 0 Å². The Hall–Kier alpha value is -0.870. The van der Waals surface area contributed by atoms with Gasteiger partial charge in [-0.15, -0.1) is 0 Å². The first-order chi connectivity index (χ1) is 6.41. The van der Waals surface area contributed by atoms with Gasteiger partial charge in [0.15, 0.2) is 5.60 Å². The number of ether oxygens (including phenoxy) is 1. The molecule has 82 valence electrons. The van der Waals surface area contributed by atoms with Crippen molar-refractivity contribution in [3.63, 3.8) is 0 Å². The Morgan fingerprint density at radius 1 is 1.50 bits per heavy atom. The number of methoxy groups -OCH3 is 1. The van der Waals surface area contributed by atoms with Crippen molar-refractivity contribution < 1.29 is 19.7 Å². The molecule has 4 heteroatoms.